The highest BCUT2D eigenvalue weighted by molar-refractivity contribution is 5.66. The molecule has 9 heteroatoms. The van der Waals surface area contributed by atoms with Gasteiger partial charge in [-0.15, -0.1) is 6.58 Å². The first-order valence-electron chi connectivity index (χ1n) is 10.4. The third-order valence-corrected chi connectivity index (χ3v) is 4.94. The van der Waals surface area contributed by atoms with Crippen molar-refractivity contribution in [1.29, 1.82) is 0 Å². The van der Waals surface area contributed by atoms with Crippen molar-refractivity contribution in [3.63, 3.8) is 0 Å². The molecular weight excluding hydrogens is 392 g/mol. The minimum absolute atomic E-state index is 0.125. The van der Waals surface area contributed by atoms with Gasteiger partial charge in [0.2, 0.25) is 0 Å². The molecule has 9 nitrogen and oxygen atoms in total. The van der Waals surface area contributed by atoms with Crippen molar-refractivity contribution in [3.8, 4) is 0 Å². The monoisotopic (exact) mass is 424 g/mol. The van der Waals surface area contributed by atoms with Gasteiger partial charge in [-0.1, -0.05) is 32.8 Å². The van der Waals surface area contributed by atoms with Crippen molar-refractivity contribution in [3.05, 3.63) is 45.8 Å². The lowest BCUT2D eigenvalue weighted by atomic mass is 9.95. The van der Waals surface area contributed by atoms with Crippen LogP contribution >= 0.6 is 0 Å². The van der Waals surface area contributed by atoms with E-state index in [9.17, 15) is 14.4 Å². The second kappa shape index (κ2) is 11.2. The second-order valence-electron chi connectivity index (χ2n) is 7.31. The highest BCUT2D eigenvalue weighted by Gasteiger charge is 2.57. The summed E-state index contributed by atoms with van der Waals surface area (Å²) in [7, 11) is 0. The molecule has 30 heavy (non-hydrogen) atoms. The minimum Gasteiger partial charge on any atom is -0.455 e. The van der Waals surface area contributed by atoms with Gasteiger partial charge in [0.25, 0.3) is 5.56 Å². The number of nitrogens with one attached hydrogen (secondary N) is 1. The lowest BCUT2D eigenvalue weighted by Gasteiger charge is -2.32. The number of unbranched alkanes of at least 4 members (excludes halogenated alkanes) is 2. The van der Waals surface area contributed by atoms with E-state index in [1.807, 2.05) is 6.92 Å². The van der Waals surface area contributed by atoms with Crippen LogP contribution in [0.15, 0.2) is 34.5 Å². The maximum atomic E-state index is 12.4. The largest absolute Gasteiger partial charge is 0.455 e. The number of nitrogens with zero attached hydrogens (tertiary/aromatic N) is 1. The fourth-order valence-corrected chi connectivity index (χ4v) is 3.35. The predicted molar refractivity (Wildman–Crippen MR) is 110 cm³/mol. The third-order valence-electron chi connectivity index (χ3n) is 4.94. The van der Waals surface area contributed by atoms with Gasteiger partial charge in [-0.05, 0) is 12.8 Å². The number of rotatable bonds is 12. The summed E-state index contributed by atoms with van der Waals surface area (Å²) in [5.74, 6) is -0.540. The minimum atomic E-state index is -1.14. The van der Waals surface area contributed by atoms with E-state index in [0.29, 0.717) is 13.2 Å². The van der Waals surface area contributed by atoms with E-state index in [-0.39, 0.29) is 6.61 Å². The molecule has 0 amide bonds. The topological polar surface area (TPSA) is 109 Å². The summed E-state index contributed by atoms with van der Waals surface area (Å²) in [5.41, 5.74) is -2.35. The Labute approximate surface area is 176 Å². The quantitative estimate of drug-likeness (QED) is 0.310. The molecule has 0 aromatic carbocycles. The molecular formula is C21H32N2O7. The molecule has 1 aliphatic heterocycles. The van der Waals surface area contributed by atoms with Gasteiger partial charge in [-0.25, -0.2) is 4.79 Å². The molecule has 1 aromatic rings. The molecule has 0 unspecified atom stereocenters. The fraction of sp³-hybridized carbons (Fsp3) is 0.667. The van der Waals surface area contributed by atoms with E-state index in [2.05, 4.69) is 18.5 Å². The van der Waals surface area contributed by atoms with Gasteiger partial charge in [0.05, 0.1) is 6.61 Å². The van der Waals surface area contributed by atoms with Crippen LogP contribution in [-0.2, 0) is 23.7 Å². The van der Waals surface area contributed by atoms with Crippen LogP contribution in [0.25, 0.3) is 0 Å². The molecule has 0 saturated carbocycles. The predicted octanol–water partition coefficient (Wildman–Crippen LogP) is 1.92. The summed E-state index contributed by atoms with van der Waals surface area (Å²) < 4.78 is 24.9. The van der Waals surface area contributed by atoms with Gasteiger partial charge >= 0.3 is 11.7 Å². The first kappa shape index (κ1) is 24.0. The average molecular weight is 424 g/mol. The van der Waals surface area contributed by atoms with Gasteiger partial charge in [-0.3, -0.25) is 19.1 Å². The summed E-state index contributed by atoms with van der Waals surface area (Å²) in [4.78, 5) is 37.9. The fourth-order valence-electron chi connectivity index (χ4n) is 3.35. The SMILES string of the molecule is C=C[C@]1(COCCCC)O[C@@H](n2ccc(=O)[nH]c2=O)[C@H](OC(C)=O)[C@@H]1OCCCC. The first-order chi connectivity index (χ1) is 14.4. The summed E-state index contributed by atoms with van der Waals surface area (Å²) in [5, 5.41) is 0. The molecule has 0 bridgehead atoms. The van der Waals surface area contributed by atoms with Crippen molar-refractivity contribution in [2.45, 2.75) is 70.5 Å². The lowest BCUT2D eigenvalue weighted by molar-refractivity contribution is -0.158. The van der Waals surface area contributed by atoms with Crippen molar-refractivity contribution in [1.82, 2.24) is 9.55 Å². The Morgan fingerprint density at radius 1 is 1.30 bits per heavy atom. The van der Waals surface area contributed by atoms with E-state index in [0.717, 1.165) is 25.7 Å². The molecule has 2 rings (SSSR count). The molecule has 4 atom stereocenters. The molecule has 1 N–H and O–H groups in total. The Bertz CT molecular complexity index is 818. The molecule has 0 aliphatic carbocycles. The Morgan fingerprint density at radius 2 is 2.00 bits per heavy atom. The van der Waals surface area contributed by atoms with Gasteiger partial charge in [0, 0.05) is 32.4 Å². The number of aromatic amines is 1. The van der Waals surface area contributed by atoms with Gasteiger partial charge < -0.3 is 18.9 Å². The number of ether oxygens (including phenoxy) is 4. The molecule has 0 radical (unpaired) electrons. The Kier molecular flexibility index (Phi) is 9.01. The Hall–Kier alpha value is -2.23. The van der Waals surface area contributed by atoms with Crippen molar-refractivity contribution >= 4 is 5.97 Å². The first-order valence-corrected chi connectivity index (χ1v) is 10.4. The Balaban J connectivity index is 2.44. The van der Waals surface area contributed by atoms with Crippen molar-refractivity contribution in [2.75, 3.05) is 19.8 Å². The molecule has 1 fully saturated rings. The van der Waals surface area contributed by atoms with Crippen molar-refractivity contribution in [2.24, 2.45) is 0 Å². The number of hydrogen-bond donors (Lipinski definition) is 1. The standard InChI is InChI=1S/C21H32N2O7/c1-5-8-12-27-14-21(7-3)18(28-13-9-6-2)17(29-15(4)24)19(30-21)23-11-10-16(25)22-20(23)26/h7,10-11,17-19H,3,5-6,8-9,12-14H2,1-2,4H3,(H,22,25,26)/t17-,18+,19-,21-/m1/s1. The number of carbonyl (C=O) groups excluding carboxylic acids is 1. The zero-order chi connectivity index (χ0) is 22.1. The number of aromatic nitrogens is 2. The van der Waals surface area contributed by atoms with Crippen LogP contribution in [0, 0.1) is 0 Å². The van der Waals surface area contributed by atoms with Gasteiger partial charge in [0.15, 0.2) is 12.3 Å². The summed E-state index contributed by atoms with van der Waals surface area (Å²) in [6, 6.07) is 1.20. The average Bonchev–Trinajstić information content (AvgIpc) is 2.99. The maximum Gasteiger partial charge on any atom is 0.330 e. The van der Waals surface area contributed by atoms with E-state index in [1.54, 1.807) is 6.08 Å². The zero-order valence-corrected chi connectivity index (χ0v) is 17.9. The third kappa shape index (κ3) is 5.68. The Morgan fingerprint density at radius 3 is 2.60 bits per heavy atom. The smallest absolute Gasteiger partial charge is 0.330 e. The van der Waals surface area contributed by atoms with Gasteiger partial charge in [-0.2, -0.15) is 0 Å². The summed E-state index contributed by atoms with van der Waals surface area (Å²) in [6.07, 6.45) is 3.77. The molecule has 1 aliphatic rings. The van der Waals surface area contributed by atoms with Crippen LogP contribution in [0.5, 0.6) is 0 Å². The normalized spacial score (nSPS) is 25.9. The van der Waals surface area contributed by atoms with Crippen LogP contribution in [-0.4, -0.2) is 53.2 Å². The molecule has 1 aromatic heterocycles. The van der Waals surface area contributed by atoms with E-state index in [4.69, 9.17) is 18.9 Å². The van der Waals surface area contributed by atoms with Crippen LogP contribution in [0.3, 0.4) is 0 Å². The molecule has 2 heterocycles. The molecule has 168 valence electrons. The van der Waals surface area contributed by atoms with Crippen LogP contribution < -0.4 is 11.2 Å². The highest BCUT2D eigenvalue weighted by atomic mass is 16.6. The molecule has 1 saturated heterocycles. The number of hydrogen-bond acceptors (Lipinski definition) is 7. The van der Waals surface area contributed by atoms with Crippen LogP contribution in [0.2, 0.25) is 0 Å². The van der Waals surface area contributed by atoms with Crippen molar-refractivity contribution < 1.29 is 23.7 Å². The maximum absolute atomic E-state index is 12.4. The van der Waals surface area contributed by atoms with E-state index < -0.39 is 41.3 Å². The zero-order valence-electron chi connectivity index (χ0n) is 17.9. The second-order valence-corrected chi connectivity index (χ2v) is 7.31. The highest BCUT2D eigenvalue weighted by Crippen LogP contribution is 2.41. The van der Waals surface area contributed by atoms with Crippen LogP contribution in [0.4, 0.5) is 0 Å². The lowest BCUT2D eigenvalue weighted by Crippen LogP contribution is -2.48. The summed E-state index contributed by atoms with van der Waals surface area (Å²) >= 11 is 0. The summed E-state index contributed by atoms with van der Waals surface area (Å²) in [6.45, 7) is 10.3. The number of H-pyrrole nitrogens is 1. The van der Waals surface area contributed by atoms with E-state index in [1.165, 1.54) is 23.8 Å². The van der Waals surface area contributed by atoms with Crippen LogP contribution in [0.1, 0.15) is 52.7 Å². The van der Waals surface area contributed by atoms with E-state index >= 15 is 0 Å². The number of carbonyl (C=O) groups is 1. The molecule has 0 spiro atoms. The van der Waals surface area contributed by atoms with Gasteiger partial charge in [0.1, 0.15) is 11.7 Å². The number of esters is 1.